The number of methoxy groups -OCH3 is 1. The number of rotatable bonds is 4. The molecule has 0 radical (unpaired) electrons. The van der Waals surface area contributed by atoms with Crippen molar-refractivity contribution in [2.45, 2.75) is 13.8 Å². The van der Waals surface area contributed by atoms with Crippen LogP contribution in [0.4, 0.5) is 5.69 Å². The number of halogens is 1. The summed E-state index contributed by atoms with van der Waals surface area (Å²) < 4.78 is 7.18. The van der Waals surface area contributed by atoms with Crippen molar-refractivity contribution in [1.82, 2.24) is 9.78 Å². The summed E-state index contributed by atoms with van der Waals surface area (Å²) in [5.41, 5.74) is 3.40. The number of nitrogens with one attached hydrogen (secondary N) is 1. The zero-order valence-corrected chi connectivity index (χ0v) is 12.4. The highest BCUT2D eigenvalue weighted by atomic mass is 35.5. The third-order valence-electron chi connectivity index (χ3n) is 2.82. The van der Waals surface area contributed by atoms with Crippen molar-refractivity contribution in [3.05, 3.63) is 35.7 Å². The molecule has 0 saturated heterocycles. The standard InChI is InChI=1S/C14H16ClN3O2/c1-9-6-10(2)18(17-9)12-5-4-11(7-13(12)20-3)16-14(19)8-15/h4-7H,8H2,1-3H3,(H,16,19). The Balaban J connectivity index is 2.40. The van der Waals surface area contributed by atoms with Gasteiger partial charge in [-0.25, -0.2) is 4.68 Å². The number of carbonyl (C=O) groups is 1. The van der Waals surface area contributed by atoms with E-state index in [2.05, 4.69) is 10.4 Å². The van der Waals surface area contributed by atoms with E-state index in [0.29, 0.717) is 11.4 Å². The molecule has 0 bridgehead atoms. The first-order valence-electron chi connectivity index (χ1n) is 6.12. The molecule has 1 aromatic heterocycles. The van der Waals surface area contributed by atoms with Gasteiger partial charge in [-0.2, -0.15) is 5.10 Å². The van der Waals surface area contributed by atoms with Gasteiger partial charge in [0.2, 0.25) is 5.91 Å². The molecule has 0 aliphatic heterocycles. The SMILES string of the molecule is COc1cc(NC(=O)CCl)ccc1-n1nc(C)cc1C. The van der Waals surface area contributed by atoms with E-state index >= 15 is 0 Å². The lowest BCUT2D eigenvalue weighted by Gasteiger charge is -2.12. The lowest BCUT2D eigenvalue weighted by atomic mass is 10.2. The van der Waals surface area contributed by atoms with Crippen LogP contribution in [0, 0.1) is 13.8 Å². The first kappa shape index (κ1) is 14.4. The number of hydrogen-bond acceptors (Lipinski definition) is 3. The molecule has 20 heavy (non-hydrogen) atoms. The second kappa shape index (κ2) is 5.96. The predicted octanol–water partition coefficient (Wildman–Crippen LogP) is 2.68. The summed E-state index contributed by atoms with van der Waals surface area (Å²) in [6, 6.07) is 7.37. The van der Waals surface area contributed by atoms with Crippen LogP contribution in [0.2, 0.25) is 0 Å². The van der Waals surface area contributed by atoms with E-state index in [4.69, 9.17) is 16.3 Å². The van der Waals surface area contributed by atoms with Crippen molar-refractivity contribution >= 4 is 23.2 Å². The number of hydrogen-bond donors (Lipinski definition) is 1. The average Bonchev–Trinajstić information content (AvgIpc) is 2.77. The van der Waals surface area contributed by atoms with Crippen LogP contribution >= 0.6 is 11.6 Å². The number of benzene rings is 1. The molecule has 6 heteroatoms. The summed E-state index contributed by atoms with van der Waals surface area (Å²) in [6.45, 7) is 3.91. The summed E-state index contributed by atoms with van der Waals surface area (Å²) in [7, 11) is 1.58. The van der Waals surface area contributed by atoms with Gasteiger partial charge in [0.15, 0.2) is 0 Å². The fourth-order valence-corrected chi connectivity index (χ4v) is 2.06. The molecule has 0 aliphatic rings. The minimum atomic E-state index is -0.257. The van der Waals surface area contributed by atoms with Crippen molar-refractivity contribution < 1.29 is 9.53 Å². The van der Waals surface area contributed by atoms with E-state index in [0.717, 1.165) is 17.1 Å². The largest absolute Gasteiger partial charge is 0.494 e. The second-order valence-electron chi connectivity index (χ2n) is 4.41. The number of amides is 1. The maximum absolute atomic E-state index is 11.3. The van der Waals surface area contributed by atoms with Gasteiger partial charge < -0.3 is 10.1 Å². The molecule has 0 atom stereocenters. The Labute approximate surface area is 122 Å². The van der Waals surface area contributed by atoms with Crippen LogP contribution in [-0.4, -0.2) is 28.7 Å². The maximum atomic E-state index is 11.3. The zero-order valence-electron chi connectivity index (χ0n) is 11.6. The second-order valence-corrected chi connectivity index (χ2v) is 4.67. The molecule has 106 valence electrons. The molecule has 0 fully saturated rings. The highest BCUT2D eigenvalue weighted by Crippen LogP contribution is 2.27. The fraction of sp³-hybridized carbons (Fsp3) is 0.286. The van der Waals surface area contributed by atoms with Crippen LogP contribution in [0.15, 0.2) is 24.3 Å². The summed E-state index contributed by atoms with van der Waals surface area (Å²) in [5.74, 6) is 0.290. The van der Waals surface area contributed by atoms with Gasteiger partial charge in [0, 0.05) is 17.4 Å². The van der Waals surface area contributed by atoms with Gasteiger partial charge in [-0.1, -0.05) is 0 Å². The van der Waals surface area contributed by atoms with Crippen molar-refractivity contribution in [3.63, 3.8) is 0 Å². The van der Waals surface area contributed by atoms with E-state index in [1.165, 1.54) is 0 Å². The average molecular weight is 294 g/mol. The third kappa shape index (κ3) is 2.93. The third-order valence-corrected chi connectivity index (χ3v) is 3.07. The Morgan fingerprint density at radius 2 is 2.15 bits per heavy atom. The molecule has 2 aromatic rings. The topological polar surface area (TPSA) is 56.1 Å². The van der Waals surface area contributed by atoms with Gasteiger partial charge in [0.1, 0.15) is 17.3 Å². The molecule has 1 N–H and O–H groups in total. The number of ether oxygens (including phenoxy) is 1. The first-order valence-corrected chi connectivity index (χ1v) is 6.66. The molecule has 0 spiro atoms. The van der Waals surface area contributed by atoms with Crippen molar-refractivity contribution in [2.24, 2.45) is 0 Å². The smallest absolute Gasteiger partial charge is 0.239 e. The first-order chi connectivity index (χ1) is 9.55. The van der Waals surface area contributed by atoms with Gasteiger partial charge in [0.25, 0.3) is 0 Å². The van der Waals surface area contributed by atoms with E-state index in [9.17, 15) is 4.79 Å². The Kier molecular flexibility index (Phi) is 4.29. The summed E-state index contributed by atoms with van der Waals surface area (Å²) >= 11 is 5.47. The quantitative estimate of drug-likeness (QED) is 0.882. The number of aryl methyl sites for hydroxylation is 2. The van der Waals surface area contributed by atoms with Crippen LogP contribution in [0.25, 0.3) is 5.69 Å². The Bertz CT molecular complexity index is 637. The summed E-state index contributed by atoms with van der Waals surface area (Å²) in [4.78, 5) is 11.3. The van der Waals surface area contributed by atoms with E-state index in [-0.39, 0.29) is 11.8 Å². The molecule has 0 aliphatic carbocycles. The highest BCUT2D eigenvalue weighted by Gasteiger charge is 2.11. The number of nitrogens with zero attached hydrogens (tertiary/aromatic N) is 2. The maximum Gasteiger partial charge on any atom is 0.239 e. The molecule has 2 rings (SSSR count). The van der Waals surface area contributed by atoms with Gasteiger partial charge >= 0.3 is 0 Å². The van der Waals surface area contributed by atoms with E-state index in [1.807, 2.05) is 26.0 Å². The minimum absolute atomic E-state index is 0.0818. The van der Waals surface area contributed by atoms with Gasteiger partial charge in [0.05, 0.1) is 12.8 Å². The zero-order chi connectivity index (χ0) is 14.7. The molecule has 1 heterocycles. The number of alkyl halides is 1. The molecule has 5 nitrogen and oxygen atoms in total. The molecule has 0 saturated carbocycles. The van der Waals surface area contributed by atoms with Crippen LogP contribution in [0.1, 0.15) is 11.4 Å². The highest BCUT2D eigenvalue weighted by molar-refractivity contribution is 6.29. The van der Waals surface area contributed by atoms with Crippen LogP contribution in [0.5, 0.6) is 5.75 Å². The number of anilines is 1. The fourth-order valence-electron chi connectivity index (χ4n) is 2.00. The molecular formula is C14H16ClN3O2. The van der Waals surface area contributed by atoms with Gasteiger partial charge in [-0.15, -0.1) is 11.6 Å². The molecular weight excluding hydrogens is 278 g/mol. The minimum Gasteiger partial charge on any atom is -0.494 e. The normalized spacial score (nSPS) is 10.4. The lowest BCUT2D eigenvalue weighted by molar-refractivity contribution is -0.113. The molecule has 1 amide bonds. The van der Waals surface area contributed by atoms with Crippen LogP contribution in [-0.2, 0) is 4.79 Å². The lowest BCUT2D eigenvalue weighted by Crippen LogP contribution is -2.13. The van der Waals surface area contributed by atoms with Crippen molar-refractivity contribution in [3.8, 4) is 11.4 Å². The summed E-state index contributed by atoms with van der Waals surface area (Å²) in [6.07, 6.45) is 0. The Morgan fingerprint density at radius 3 is 2.70 bits per heavy atom. The van der Waals surface area contributed by atoms with E-state index in [1.54, 1.807) is 23.9 Å². The van der Waals surface area contributed by atoms with Gasteiger partial charge in [-0.3, -0.25) is 4.79 Å². The Morgan fingerprint density at radius 1 is 1.40 bits per heavy atom. The summed E-state index contributed by atoms with van der Waals surface area (Å²) in [5, 5.41) is 7.11. The monoisotopic (exact) mass is 293 g/mol. The van der Waals surface area contributed by atoms with Crippen molar-refractivity contribution in [1.29, 1.82) is 0 Å². The molecule has 0 unspecified atom stereocenters. The van der Waals surface area contributed by atoms with Crippen LogP contribution in [0.3, 0.4) is 0 Å². The van der Waals surface area contributed by atoms with Crippen molar-refractivity contribution in [2.75, 3.05) is 18.3 Å². The molecule has 1 aromatic carbocycles. The van der Waals surface area contributed by atoms with Gasteiger partial charge in [-0.05, 0) is 32.0 Å². The number of aromatic nitrogens is 2. The van der Waals surface area contributed by atoms with E-state index < -0.39 is 0 Å². The predicted molar refractivity (Wildman–Crippen MR) is 78.9 cm³/mol. The van der Waals surface area contributed by atoms with Crippen LogP contribution < -0.4 is 10.1 Å². The number of carbonyl (C=O) groups excluding carboxylic acids is 1. The Hall–Kier alpha value is -2.01.